The first-order chi connectivity index (χ1) is 8.74. The lowest BCUT2D eigenvalue weighted by molar-refractivity contribution is 0.509. The third-order valence-electron chi connectivity index (χ3n) is 2.86. The quantitative estimate of drug-likeness (QED) is 0.617. The molecule has 0 radical (unpaired) electrons. The first-order valence-electron chi connectivity index (χ1n) is 5.83. The summed E-state index contributed by atoms with van der Waals surface area (Å²) in [5, 5.41) is 4.11. The zero-order chi connectivity index (χ0) is 13.0. The van der Waals surface area contributed by atoms with Crippen LogP contribution in [-0.4, -0.2) is 14.8 Å². The summed E-state index contributed by atoms with van der Waals surface area (Å²) in [6, 6.07) is 6.16. The SMILES string of the molecule is CCn1ncnc1CC(NN)c1ccc(F)cc1. The number of aromatic nitrogens is 3. The molecule has 0 amide bonds. The third-order valence-corrected chi connectivity index (χ3v) is 2.86. The molecule has 0 spiro atoms. The lowest BCUT2D eigenvalue weighted by Crippen LogP contribution is -2.30. The molecule has 2 aromatic rings. The van der Waals surface area contributed by atoms with E-state index < -0.39 is 0 Å². The van der Waals surface area contributed by atoms with E-state index in [0.717, 1.165) is 17.9 Å². The Balaban J connectivity index is 2.17. The van der Waals surface area contributed by atoms with Gasteiger partial charge in [0.15, 0.2) is 0 Å². The van der Waals surface area contributed by atoms with Crippen molar-refractivity contribution >= 4 is 0 Å². The van der Waals surface area contributed by atoms with Gasteiger partial charge in [0.2, 0.25) is 0 Å². The molecule has 0 aliphatic rings. The summed E-state index contributed by atoms with van der Waals surface area (Å²) in [4.78, 5) is 4.20. The molecular weight excluding hydrogens is 233 g/mol. The van der Waals surface area contributed by atoms with Crippen molar-refractivity contribution < 1.29 is 4.39 Å². The molecule has 3 N–H and O–H groups in total. The summed E-state index contributed by atoms with van der Waals surface area (Å²) >= 11 is 0. The van der Waals surface area contributed by atoms with Crippen molar-refractivity contribution in [1.29, 1.82) is 0 Å². The highest BCUT2D eigenvalue weighted by molar-refractivity contribution is 5.20. The number of benzene rings is 1. The monoisotopic (exact) mass is 249 g/mol. The molecule has 1 aromatic carbocycles. The zero-order valence-corrected chi connectivity index (χ0v) is 10.2. The van der Waals surface area contributed by atoms with Gasteiger partial charge in [0.25, 0.3) is 0 Å². The summed E-state index contributed by atoms with van der Waals surface area (Å²) in [6.07, 6.45) is 2.13. The number of hydrazine groups is 1. The molecule has 0 fully saturated rings. The van der Waals surface area contributed by atoms with Crippen molar-refractivity contribution in [3.05, 3.63) is 47.8 Å². The lowest BCUT2D eigenvalue weighted by atomic mass is 10.0. The number of rotatable bonds is 5. The molecule has 6 heteroatoms. The Bertz CT molecular complexity index is 493. The number of aryl methyl sites for hydroxylation is 1. The second kappa shape index (κ2) is 5.70. The molecule has 0 aliphatic carbocycles. The largest absolute Gasteiger partial charge is 0.271 e. The Morgan fingerprint density at radius 3 is 2.72 bits per heavy atom. The van der Waals surface area contributed by atoms with Gasteiger partial charge in [0.05, 0.1) is 6.04 Å². The lowest BCUT2D eigenvalue weighted by Gasteiger charge is -2.16. The normalized spacial score (nSPS) is 12.6. The van der Waals surface area contributed by atoms with Crippen LogP contribution >= 0.6 is 0 Å². The Kier molecular flexibility index (Phi) is 4.01. The molecule has 18 heavy (non-hydrogen) atoms. The van der Waals surface area contributed by atoms with E-state index in [0.29, 0.717) is 6.42 Å². The average Bonchev–Trinajstić information content (AvgIpc) is 2.84. The van der Waals surface area contributed by atoms with Crippen LogP contribution in [0.25, 0.3) is 0 Å². The molecule has 0 bridgehead atoms. The average molecular weight is 249 g/mol. The van der Waals surface area contributed by atoms with E-state index in [1.807, 2.05) is 11.6 Å². The first kappa shape index (κ1) is 12.7. The molecule has 0 saturated carbocycles. The van der Waals surface area contributed by atoms with Crippen LogP contribution in [0, 0.1) is 5.82 Å². The van der Waals surface area contributed by atoms with Crippen molar-refractivity contribution in [3.8, 4) is 0 Å². The van der Waals surface area contributed by atoms with Crippen molar-refractivity contribution in [2.75, 3.05) is 0 Å². The molecule has 1 heterocycles. The third kappa shape index (κ3) is 2.72. The van der Waals surface area contributed by atoms with Crippen LogP contribution in [0.1, 0.15) is 24.4 Å². The standard InChI is InChI=1S/C12H16FN5/c1-2-18-12(15-8-16-18)7-11(17-14)9-3-5-10(13)6-4-9/h3-6,8,11,17H,2,7,14H2,1H3. The second-order valence-corrected chi connectivity index (χ2v) is 3.97. The van der Waals surface area contributed by atoms with Gasteiger partial charge in [-0.05, 0) is 24.6 Å². The van der Waals surface area contributed by atoms with Crippen LogP contribution in [0.4, 0.5) is 4.39 Å². The summed E-state index contributed by atoms with van der Waals surface area (Å²) in [5.41, 5.74) is 3.64. The molecule has 96 valence electrons. The maximum Gasteiger partial charge on any atom is 0.138 e. The molecule has 1 atom stereocenters. The van der Waals surface area contributed by atoms with E-state index in [1.54, 1.807) is 12.1 Å². The fourth-order valence-electron chi connectivity index (χ4n) is 1.86. The first-order valence-corrected chi connectivity index (χ1v) is 5.83. The number of nitrogens with zero attached hydrogens (tertiary/aromatic N) is 3. The molecule has 0 aliphatic heterocycles. The van der Waals surface area contributed by atoms with Gasteiger partial charge < -0.3 is 0 Å². The maximum atomic E-state index is 12.9. The topological polar surface area (TPSA) is 68.8 Å². The second-order valence-electron chi connectivity index (χ2n) is 3.97. The van der Waals surface area contributed by atoms with Gasteiger partial charge in [-0.25, -0.2) is 9.37 Å². The van der Waals surface area contributed by atoms with E-state index in [4.69, 9.17) is 5.84 Å². The number of halogens is 1. The highest BCUT2D eigenvalue weighted by Gasteiger charge is 2.14. The van der Waals surface area contributed by atoms with Crippen LogP contribution < -0.4 is 11.3 Å². The Labute approximate surface area is 105 Å². The highest BCUT2D eigenvalue weighted by atomic mass is 19.1. The molecular formula is C12H16FN5. The number of nitrogens with two attached hydrogens (primary N) is 1. The number of hydrogen-bond acceptors (Lipinski definition) is 4. The van der Waals surface area contributed by atoms with Crippen LogP contribution in [-0.2, 0) is 13.0 Å². The molecule has 2 rings (SSSR count). The van der Waals surface area contributed by atoms with Gasteiger partial charge >= 0.3 is 0 Å². The summed E-state index contributed by atoms with van der Waals surface area (Å²) < 4.78 is 14.7. The summed E-state index contributed by atoms with van der Waals surface area (Å²) in [6.45, 7) is 2.76. The number of nitrogens with one attached hydrogen (secondary N) is 1. The minimum Gasteiger partial charge on any atom is -0.271 e. The van der Waals surface area contributed by atoms with Gasteiger partial charge in [0.1, 0.15) is 18.0 Å². The Morgan fingerprint density at radius 2 is 2.11 bits per heavy atom. The Hall–Kier alpha value is -1.79. The van der Waals surface area contributed by atoms with Gasteiger partial charge in [-0.15, -0.1) is 0 Å². The van der Waals surface area contributed by atoms with Crippen molar-refractivity contribution in [3.63, 3.8) is 0 Å². The van der Waals surface area contributed by atoms with Gasteiger partial charge in [-0.2, -0.15) is 5.10 Å². The highest BCUT2D eigenvalue weighted by Crippen LogP contribution is 2.17. The van der Waals surface area contributed by atoms with Crippen LogP contribution in [0.2, 0.25) is 0 Å². The van der Waals surface area contributed by atoms with E-state index in [-0.39, 0.29) is 11.9 Å². The van der Waals surface area contributed by atoms with Crippen LogP contribution in [0.5, 0.6) is 0 Å². The van der Waals surface area contributed by atoms with Crippen molar-refractivity contribution in [2.24, 2.45) is 5.84 Å². The minimum absolute atomic E-state index is 0.111. The van der Waals surface area contributed by atoms with Gasteiger partial charge in [0, 0.05) is 13.0 Å². The summed E-state index contributed by atoms with van der Waals surface area (Å²) in [7, 11) is 0. The van der Waals surface area contributed by atoms with Crippen molar-refractivity contribution in [2.45, 2.75) is 25.9 Å². The van der Waals surface area contributed by atoms with Gasteiger partial charge in [-0.3, -0.25) is 16.0 Å². The predicted octanol–water partition coefficient (Wildman–Crippen LogP) is 1.18. The molecule has 1 unspecified atom stereocenters. The molecule has 1 aromatic heterocycles. The smallest absolute Gasteiger partial charge is 0.138 e. The maximum absolute atomic E-state index is 12.9. The van der Waals surface area contributed by atoms with E-state index >= 15 is 0 Å². The molecule has 5 nitrogen and oxygen atoms in total. The van der Waals surface area contributed by atoms with Crippen LogP contribution in [0.15, 0.2) is 30.6 Å². The fourth-order valence-corrected chi connectivity index (χ4v) is 1.86. The van der Waals surface area contributed by atoms with E-state index in [1.165, 1.54) is 18.5 Å². The molecule has 0 saturated heterocycles. The fraction of sp³-hybridized carbons (Fsp3) is 0.333. The number of hydrogen-bond donors (Lipinski definition) is 2. The van der Waals surface area contributed by atoms with Gasteiger partial charge in [-0.1, -0.05) is 12.1 Å². The van der Waals surface area contributed by atoms with E-state index in [9.17, 15) is 4.39 Å². The summed E-state index contributed by atoms with van der Waals surface area (Å²) in [5.74, 6) is 6.14. The van der Waals surface area contributed by atoms with Crippen molar-refractivity contribution in [1.82, 2.24) is 20.2 Å². The Morgan fingerprint density at radius 1 is 1.39 bits per heavy atom. The minimum atomic E-state index is -0.258. The predicted molar refractivity (Wildman–Crippen MR) is 65.9 cm³/mol. The zero-order valence-electron chi connectivity index (χ0n) is 10.2. The van der Waals surface area contributed by atoms with Crippen LogP contribution in [0.3, 0.4) is 0 Å². The van der Waals surface area contributed by atoms with E-state index in [2.05, 4.69) is 15.5 Å².